The summed E-state index contributed by atoms with van der Waals surface area (Å²) in [7, 11) is 1.83. The summed E-state index contributed by atoms with van der Waals surface area (Å²) >= 11 is 3.63. The molecule has 2 aliphatic heterocycles. The highest BCUT2D eigenvalue weighted by atomic mass is 79.9. The number of fused-ring (bicyclic) bond motifs is 2. The van der Waals surface area contributed by atoms with E-state index >= 15 is 0 Å². The molecule has 0 N–H and O–H groups in total. The molecule has 0 bridgehead atoms. The van der Waals surface area contributed by atoms with Gasteiger partial charge in [-0.05, 0) is 24.1 Å². The van der Waals surface area contributed by atoms with Gasteiger partial charge >= 0.3 is 0 Å². The normalized spacial score (nSPS) is 27.7. The molecule has 0 fully saturated rings. The molecule has 2 aromatic carbocycles. The van der Waals surface area contributed by atoms with Crippen molar-refractivity contribution < 1.29 is 9.53 Å². The minimum atomic E-state index is -0.912. The van der Waals surface area contributed by atoms with E-state index in [1.54, 1.807) is 4.90 Å². The lowest BCUT2D eigenvalue weighted by molar-refractivity contribution is -0.149. The van der Waals surface area contributed by atoms with E-state index in [1.165, 1.54) is 5.56 Å². The zero-order valence-electron chi connectivity index (χ0n) is 15.0. The zero-order valence-corrected chi connectivity index (χ0v) is 16.6. The van der Waals surface area contributed by atoms with Gasteiger partial charge in [-0.1, -0.05) is 71.4 Å². The van der Waals surface area contributed by atoms with Gasteiger partial charge in [0, 0.05) is 28.9 Å². The molecular weight excluding hydrogens is 390 g/mol. The molecule has 0 saturated carbocycles. The number of likely N-dealkylation sites (N-methyl/N-ethyl adjacent to an activating group) is 1. The summed E-state index contributed by atoms with van der Waals surface area (Å²) in [5, 5.41) is 0. The summed E-state index contributed by atoms with van der Waals surface area (Å²) in [4.78, 5) is 14.9. The van der Waals surface area contributed by atoms with E-state index in [2.05, 4.69) is 53.2 Å². The standard InChI is InChI=1S/C22H22BrNO2/c1-15-11-12-16(13-17-7-3-5-9-19(17)23)14-26-22(15)18-8-4-6-10-20(18)24(2)21(22)25/h3-12,15-16H,13-14H2,1-2H3/t15-,16+,22-/m1/s1. The highest BCUT2D eigenvalue weighted by molar-refractivity contribution is 9.10. The predicted octanol–water partition coefficient (Wildman–Crippen LogP) is 4.70. The topological polar surface area (TPSA) is 29.5 Å². The van der Waals surface area contributed by atoms with Crippen LogP contribution in [-0.4, -0.2) is 19.6 Å². The molecule has 2 heterocycles. The molecular formula is C22H22BrNO2. The molecule has 3 nitrogen and oxygen atoms in total. The largest absolute Gasteiger partial charge is 0.359 e. The first-order valence-corrected chi connectivity index (χ1v) is 9.76. The number of amides is 1. The molecule has 4 heteroatoms. The molecule has 0 saturated heterocycles. The van der Waals surface area contributed by atoms with E-state index in [1.807, 2.05) is 37.4 Å². The second kappa shape index (κ2) is 6.67. The maximum Gasteiger partial charge on any atom is 0.264 e. The van der Waals surface area contributed by atoms with Crippen LogP contribution in [0, 0.1) is 11.8 Å². The van der Waals surface area contributed by atoms with Crippen LogP contribution in [-0.2, 0) is 21.6 Å². The predicted molar refractivity (Wildman–Crippen MR) is 107 cm³/mol. The highest BCUT2D eigenvalue weighted by Gasteiger charge is 2.54. The Bertz CT molecular complexity index is 878. The Kier molecular flexibility index (Phi) is 4.49. The van der Waals surface area contributed by atoms with Crippen LogP contribution in [0.25, 0.3) is 0 Å². The average molecular weight is 412 g/mol. The monoisotopic (exact) mass is 411 g/mol. The number of para-hydroxylation sites is 1. The van der Waals surface area contributed by atoms with Crippen LogP contribution < -0.4 is 4.90 Å². The minimum absolute atomic E-state index is 0.0229. The van der Waals surface area contributed by atoms with Crippen molar-refractivity contribution in [1.29, 1.82) is 0 Å². The lowest BCUT2D eigenvalue weighted by Crippen LogP contribution is -2.45. The first-order valence-electron chi connectivity index (χ1n) is 8.97. The van der Waals surface area contributed by atoms with Crippen molar-refractivity contribution >= 4 is 27.5 Å². The minimum Gasteiger partial charge on any atom is -0.359 e. The lowest BCUT2D eigenvalue weighted by atomic mass is 9.83. The van der Waals surface area contributed by atoms with Crippen molar-refractivity contribution in [3.05, 3.63) is 76.3 Å². The second-order valence-electron chi connectivity index (χ2n) is 7.16. The number of ether oxygens (including phenoxy) is 1. The van der Waals surface area contributed by atoms with Crippen molar-refractivity contribution in [2.45, 2.75) is 18.9 Å². The number of hydrogen-bond acceptors (Lipinski definition) is 2. The van der Waals surface area contributed by atoms with Crippen molar-refractivity contribution in [3.8, 4) is 0 Å². The molecule has 0 aromatic heterocycles. The highest BCUT2D eigenvalue weighted by Crippen LogP contribution is 2.48. The SMILES string of the molecule is C[C@@H]1C=C[C@@H](Cc2ccccc2Br)CO[C@]12C(=O)N(C)c1ccccc12. The summed E-state index contributed by atoms with van der Waals surface area (Å²) in [6.07, 6.45) is 5.25. The number of hydrogen-bond donors (Lipinski definition) is 0. The van der Waals surface area contributed by atoms with Crippen LogP contribution in [0.5, 0.6) is 0 Å². The van der Waals surface area contributed by atoms with Gasteiger partial charge < -0.3 is 9.64 Å². The van der Waals surface area contributed by atoms with Crippen LogP contribution in [0.15, 0.2) is 65.2 Å². The van der Waals surface area contributed by atoms with E-state index in [0.717, 1.165) is 22.1 Å². The van der Waals surface area contributed by atoms with Crippen LogP contribution in [0.4, 0.5) is 5.69 Å². The molecule has 134 valence electrons. The third-order valence-corrected chi connectivity index (χ3v) is 6.34. The second-order valence-corrected chi connectivity index (χ2v) is 8.01. The Morgan fingerprint density at radius 3 is 2.69 bits per heavy atom. The van der Waals surface area contributed by atoms with E-state index in [-0.39, 0.29) is 17.7 Å². The first kappa shape index (κ1) is 17.5. The summed E-state index contributed by atoms with van der Waals surface area (Å²) in [5.74, 6) is 0.240. The van der Waals surface area contributed by atoms with Gasteiger partial charge in [0.15, 0.2) is 5.60 Å². The van der Waals surface area contributed by atoms with Crippen LogP contribution >= 0.6 is 15.9 Å². The summed E-state index contributed by atoms with van der Waals surface area (Å²) < 4.78 is 7.54. The molecule has 26 heavy (non-hydrogen) atoms. The smallest absolute Gasteiger partial charge is 0.264 e. The van der Waals surface area contributed by atoms with Crippen molar-refractivity contribution in [1.82, 2.24) is 0 Å². The van der Waals surface area contributed by atoms with E-state index in [0.29, 0.717) is 6.61 Å². The fraction of sp³-hybridized carbons (Fsp3) is 0.318. The van der Waals surface area contributed by atoms with E-state index in [4.69, 9.17) is 4.74 Å². The Morgan fingerprint density at radius 1 is 1.15 bits per heavy atom. The number of benzene rings is 2. The number of carbonyl (C=O) groups excluding carboxylic acids is 1. The third kappa shape index (κ3) is 2.63. The third-order valence-electron chi connectivity index (χ3n) is 5.57. The van der Waals surface area contributed by atoms with Gasteiger partial charge in [-0.15, -0.1) is 0 Å². The molecule has 0 radical (unpaired) electrons. The Labute approximate surface area is 162 Å². The van der Waals surface area contributed by atoms with Gasteiger partial charge in [-0.2, -0.15) is 0 Å². The molecule has 3 atom stereocenters. The average Bonchev–Trinajstić information content (AvgIpc) is 2.77. The van der Waals surface area contributed by atoms with Gasteiger partial charge in [-0.3, -0.25) is 4.79 Å². The Morgan fingerprint density at radius 2 is 1.88 bits per heavy atom. The maximum absolute atomic E-state index is 13.2. The van der Waals surface area contributed by atoms with Crippen molar-refractivity contribution in [2.24, 2.45) is 11.8 Å². The molecule has 2 aromatic rings. The fourth-order valence-corrected chi connectivity index (χ4v) is 4.54. The van der Waals surface area contributed by atoms with Crippen molar-refractivity contribution in [3.63, 3.8) is 0 Å². The van der Waals surface area contributed by atoms with E-state index < -0.39 is 5.60 Å². The molecule has 4 rings (SSSR count). The number of anilines is 1. The quantitative estimate of drug-likeness (QED) is 0.670. The van der Waals surface area contributed by atoms with Crippen LogP contribution in [0.3, 0.4) is 0 Å². The Balaban J connectivity index is 1.65. The molecule has 0 aliphatic carbocycles. The van der Waals surface area contributed by atoms with Crippen LogP contribution in [0.1, 0.15) is 18.1 Å². The molecule has 1 spiro atoms. The zero-order chi connectivity index (χ0) is 18.3. The molecule has 0 unspecified atom stereocenters. The van der Waals surface area contributed by atoms with Gasteiger partial charge in [-0.25, -0.2) is 0 Å². The summed E-state index contributed by atoms with van der Waals surface area (Å²) in [6, 6.07) is 16.2. The van der Waals surface area contributed by atoms with E-state index in [9.17, 15) is 4.79 Å². The summed E-state index contributed by atoms with van der Waals surface area (Å²) in [5.41, 5.74) is 2.27. The number of rotatable bonds is 2. The van der Waals surface area contributed by atoms with Gasteiger partial charge in [0.2, 0.25) is 0 Å². The van der Waals surface area contributed by atoms with Crippen molar-refractivity contribution in [2.75, 3.05) is 18.6 Å². The number of nitrogens with zero attached hydrogens (tertiary/aromatic N) is 1. The fourth-order valence-electron chi connectivity index (χ4n) is 4.09. The molecule has 1 amide bonds. The Hall–Kier alpha value is -1.91. The number of halogens is 1. The van der Waals surface area contributed by atoms with Crippen LogP contribution in [0.2, 0.25) is 0 Å². The maximum atomic E-state index is 13.2. The van der Waals surface area contributed by atoms with Gasteiger partial charge in [0.05, 0.1) is 12.3 Å². The molecule has 2 aliphatic rings. The number of carbonyl (C=O) groups is 1. The first-order chi connectivity index (χ1) is 12.5. The van der Waals surface area contributed by atoms with Gasteiger partial charge in [0.25, 0.3) is 5.91 Å². The summed E-state index contributed by atoms with van der Waals surface area (Å²) in [6.45, 7) is 2.60. The van der Waals surface area contributed by atoms with Gasteiger partial charge in [0.1, 0.15) is 0 Å². The lowest BCUT2D eigenvalue weighted by Gasteiger charge is -2.32.